The molecule has 2 aromatic carbocycles. The summed E-state index contributed by atoms with van der Waals surface area (Å²) >= 11 is 0. The van der Waals surface area contributed by atoms with Crippen LogP contribution in [0.1, 0.15) is 22.3 Å². The number of benzene rings is 2. The average molecular weight is 497 g/mol. The van der Waals surface area contributed by atoms with E-state index in [4.69, 9.17) is 9.47 Å². The molecule has 0 heterocycles. The lowest BCUT2D eigenvalue weighted by Crippen LogP contribution is -2.37. The van der Waals surface area contributed by atoms with Gasteiger partial charge in [-0.2, -0.15) is 0 Å². The minimum Gasteiger partial charge on any atom is -0.491 e. The molecule has 0 amide bonds. The number of hydrogen-bond acceptors (Lipinski definition) is 3. The smallest absolute Gasteiger partial charge is 0.191 e. The Morgan fingerprint density at radius 1 is 0.929 bits per heavy atom. The fraction of sp³-hybridized carbons (Fsp3) is 0.409. The highest BCUT2D eigenvalue weighted by Gasteiger charge is 2.01. The predicted octanol–water partition coefficient (Wildman–Crippen LogP) is 3.85. The molecule has 2 rings (SSSR count). The van der Waals surface area contributed by atoms with Crippen LogP contribution in [0.5, 0.6) is 5.75 Å². The van der Waals surface area contributed by atoms with E-state index in [1.807, 2.05) is 12.1 Å². The SMILES string of the molecule is CN=C(NCCc1cc(C)cc(C)c1)NCc1ccc(OCCOC)cc1.I. The Balaban J connectivity index is 0.00000392. The van der Waals surface area contributed by atoms with Gasteiger partial charge in [-0.25, -0.2) is 0 Å². The number of hydrogen-bond donors (Lipinski definition) is 2. The maximum Gasteiger partial charge on any atom is 0.191 e. The second-order valence-corrected chi connectivity index (χ2v) is 6.58. The Morgan fingerprint density at radius 3 is 2.21 bits per heavy atom. The van der Waals surface area contributed by atoms with Gasteiger partial charge in [-0.1, -0.05) is 41.5 Å². The van der Waals surface area contributed by atoms with E-state index in [0.717, 1.165) is 24.7 Å². The first kappa shape index (κ1) is 24.2. The molecule has 0 saturated carbocycles. The van der Waals surface area contributed by atoms with Gasteiger partial charge in [0.25, 0.3) is 0 Å². The summed E-state index contributed by atoms with van der Waals surface area (Å²) in [7, 11) is 3.46. The van der Waals surface area contributed by atoms with Crippen molar-refractivity contribution in [1.29, 1.82) is 0 Å². The van der Waals surface area contributed by atoms with Crippen LogP contribution in [0.2, 0.25) is 0 Å². The van der Waals surface area contributed by atoms with Crippen LogP contribution in [-0.2, 0) is 17.7 Å². The van der Waals surface area contributed by atoms with Crippen molar-refractivity contribution < 1.29 is 9.47 Å². The maximum absolute atomic E-state index is 5.58. The zero-order valence-electron chi connectivity index (χ0n) is 17.2. The Hall–Kier alpha value is -1.80. The second kappa shape index (κ2) is 13.4. The fourth-order valence-electron chi connectivity index (χ4n) is 2.89. The van der Waals surface area contributed by atoms with Crippen molar-refractivity contribution in [3.63, 3.8) is 0 Å². The van der Waals surface area contributed by atoms with Gasteiger partial charge in [-0.3, -0.25) is 4.99 Å². The van der Waals surface area contributed by atoms with Gasteiger partial charge in [-0.05, 0) is 43.5 Å². The number of nitrogens with one attached hydrogen (secondary N) is 2. The molecule has 5 nitrogen and oxygen atoms in total. The van der Waals surface area contributed by atoms with E-state index < -0.39 is 0 Å². The molecule has 0 radical (unpaired) electrons. The summed E-state index contributed by atoms with van der Waals surface area (Å²) < 4.78 is 10.6. The third-order valence-electron chi connectivity index (χ3n) is 4.15. The van der Waals surface area contributed by atoms with Crippen LogP contribution in [0.3, 0.4) is 0 Å². The summed E-state index contributed by atoms with van der Waals surface area (Å²) in [6, 6.07) is 14.7. The van der Waals surface area contributed by atoms with E-state index in [1.165, 1.54) is 22.3 Å². The van der Waals surface area contributed by atoms with Crippen molar-refractivity contribution in [1.82, 2.24) is 10.6 Å². The maximum atomic E-state index is 5.58. The average Bonchev–Trinajstić information content (AvgIpc) is 2.65. The number of halogens is 1. The molecule has 0 bridgehead atoms. The molecule has 28 heavy (non-hydrogen) atoms. The second-order valence-electron chi connectivity index (χ2n) is 6.58. The third kappa shape index (κ3) is 8.93. The molecule has 0 unspecified atom stereocenters. The van der Waals surface area contributed by atoms with Gasteiger partial charge in [0, 0.05) is 27.2 Å². The van der Waals surface area contributed by atoms with Crippen LogP contribution in [0.4, 0.5) is 0 Å². The summed E-state index contributed by atoms with van der Waals surface area (Å²) in [4.78, 5) is 4.29. The highest BCUT2D eigenvalue weighted by atomic mass is 127. The first-order valence-corrected chi connectivity index (χ1v) is 9.33. The van der Waals surface area contributed by atoms with Crippen LogP contribution in [-0.4, -0.2) is 39.9 Å². The molecule has 0 aliphatic heterocycles. The third-order valence-corrected chi connectivity index (χ3v) is 4.15. The van der Waals surface area contributed by atoms with Gasteiger partial charge in [0.05, 0.1) is 6.61 Å². The monoisotopic (exact) mass is 497 g/mol. The standard InChI is InChI=1S/C22H31N3O2.HI/c1-17-13-18(2)15-20(14-17)9-10-24-22(23-3)25-16-19-5-7-21(8-6-19)27-12-11-26-4;/h5-8,13-15H,9-12,16H2,1-4H3,(H2,23,24,25);1H. The van der Waals surface area contributed by atoms with E-state index in [-0.39, 0.29) is 24.0 Å². The molecule has 0 aliphatic carbocycles. The van der Waals surface area contributed by atoms with E-state index in [9.17, 15) is 0 Å². The van der Waals surface area contributed by atoms with Crippen LogP contribution < -0.4 is 15.4 Å². The summed E-state index contributed by atoms with van der Waals surface area (Å²) in [6.07, 6.45) is 0.969. The van der Waals surface area contributed by atoms with E-state index >= 15 is 0 Å². The van der Waals surface area contributed by atoms with E-state index in [1.54, 1.807) is 14.2 Å². The molecule has 6 heteroatoms. The molecule has 0 aliphatic rings. The molecule has 0 atom stereocenters. The van der Waals surface area contributed by atoms with Crippen LogP contribution in [0.25, 0.3) is 0 Å². The zero-order valence-corrected chi connectivity index (χ0v) is 19.6. The Labute approximate surface area is 186 Å². The molecular weight excluding hydrogens is 465 g/mol. The van der Waals surface area contributed by atoms with Crippen molar-refractivity contribution in [3.8, 4) is 5.75 Å². The topological polar surface area (TPSA) is 54.9 Å². The molecule has 0 aromatic heterocycles. The first-order chi connectivity index (χ1) is 13.1. The first-order valence-electron chi connectivity index (χ1n) is 9.33. The zero-order chi connectivity index (χ0) is 19.5. The summed E-state index contributed by atoms with van der Waals surface area (Å²) in [5.41, 5.74) is 5.13. The predicted molar refractivity (Wildman–Crippen MR) is 127 cm³/mol. The fourth-order valence-corrected chi connectivity index (χ4v) is 2.89. The van der Waals surface area contributed by atoms with Gasteiger partial charge in [0.1, 0.15) is 12.4 Å². The number of methoxy groups -OCH3 is 1. The van der Waals surface area contributed by atoms with Gasteiger partial charge in [0.15, 0.2) is 5.96 Å². The summed E-state index contributed by atoms with van der Waals surface area (Å²) in [5.74, 6) is 1.66. The van der Waals surface area contributed by atoms with Crippen LogP contribution in [0, 0.1) is 13.8 Å². The summed E-state index contributed by atoms with van der Waals surface area (Å²) in [6.45, 7) is 6.98. The number of nitrogens with zero attached hydrogens (tertiary/aromatic N) is 1. The van der Waals surface area contributed by atoms with E-state index in [0.29, 0.717) is 19.8 Å². The Morgan fingerprint density at radius 2 is 1.61 bits per heavy atom. The normalized spacial score (nSPS) is 10.9. The number of aliphatic imine (C=N–C) groups is 1. The highest BCUT2D eigenvalue weighted by molar-refractivity contribution is 14.0. The van der Waals surface area contributed by atoms with Crippen LogP contribution in [0.15, 0.2) is 47.5 Å². The van der Waals surface area contributed by atoms with Gasteiger partial charge in [-0.15, -0.1) is 24.0 Å². The van der Waals surface area contributed by atoms with Gasteiger partial charge >= 0.3 is 0 Å². The van der Waals surface area contributed by atoms with Crippen molar-refractivity contribution in [2.45, 2.75) is 26.8 Å². The minimum atomic E-state index is 0. The molecule has 0 saturated heterocycles. The quantitative estimate of drug-likeness (QED) is 0.239. The Bertz CT molecular complexity index is 713. The van der Waals surface area contributed by atoms with E-state index in [2.05, 4.69) is 59.8 Å². The molecule has 154 valence electrons. The highest BCUT2D eigenvalue weighted by Crippen LogP contribution is 2.12. The minimum absolute atomic E-state index is 0. The van der Waals surface area contributed by atoms with Crippen molar-refractivity contribution in [2.24, 2.45) is 4.99 Å². The Kier molecular flexibility index (Phi) is 11.6. The molecule has 0 fully saturated rings. The number of ether oxygens (including phenoxy) is 2. The molecular formula is C22H32IN3O2. The lowest BCUT2D eigenvalue weighted by atomic mass is 10.1. The molecule has 0 spiro atoms. The lowest BCUT2D eigenvalue weighted by molar-refractivity contribution is 0.146. The largest absolute Gasteiger partial charge is 0.491 e. The molecule has 2 aromatic rings. The van der Waals surface area contributed by atoms with Crippen molar-refractivity contribution in [2.75, 3.05) is 33.9 Å². The number of guanidine groups is 1. The number of rotatable bonds is 9. The number of aryl methyl sites for hydroxylation is 2. The van der Waals surface area contributed by atoms with Gasteiger partial charge < -0.3 is 20.1 Å². The van der Waals surface area contributed by atoms with Gasteiger partial charge in [0.2, 0.25) is 0 Å². The summed E-state index contributed by atoms with van der Waals surface area (Å²) in [5, 5.41) is 6.72. The van der Waals surface area contributed by atoms with Crippen molar-refractivity contribution in [3.05, 3.63) is 64.7 Å². The molecule has 2 N–H and O–H groups in total. The van der Waals surface area contributed by atoms with Crippen LogP contribution >= 0.6 is 24.0 Å². The van der Waals surface area contributed by atoms with Crippen molar-refractivity contribution >= 4 is 29.9 Å². The lowest BCUT2D eigenvalue weighted by Gasteiger charge is -2.13.